The van der Waals surface area contributed by atoms with Crippen LogP contribution in [-0.2, 0) is 9.53 Å². The Morgan fingerprint density at radius 2 is 1.90 bits per heavy atom. The van der Waals surface area contributed by atoms with E-state index in [1.165, 1.54) is 9.13 Å². The summed E-state index contributed by atoms with van der Waals surface area (Å²) in [6, 6.07) is 9.52. The van der Waals surface area contributed by atoms with Crippen LogP contribution in [0.4, 0.5) is 0 Å². The van der Waals surface area contributed by atoms with E-state index in [0.29, 0.717) is 18.7 Å². The SMILES string of the molecule is CCOC(=O)C1CCC(NC(C)c2ccc(I)cc2)CC1. The Labute approximate surface area is 141 Å². The third kappa shape index (κ3) is 4.95. The Hall–Kier alpha value is -0.620. The molecule has 2 rings (SSSR count). The smallest absolute Gasteiger partial charge is 0.308 e. The molecule has 0 spiro atoms. The zero-order valence-corrected chi connectivity index (χ0v) is 14.9. The minimum Gasteiger partial charge on any atom is -0.466 e. The number of nitrogens with one attached hydrogen (secondary N) is 1. The van der Waals surface area contributed by atoms with Crippen molar-refractivity contribution in [3.8, 4) is 0 Å². The van der Waals surface area contributed by atoms with E-state index >= 15 is 0 Å². The van der Waals surface area contributed by atoms with Crippen LogP contribution in [0.25, 0.3) is 0 Å². The highest BCUT2D eigenvalue weighted by Crippen LogP contribution is 2.27. The van der Waals surface area contributed by atoms with Gasteiger partial charge in [0.2, 0.25) is 0 Å². The Kier molecular flexibility index (Phi) is 6.48. The van der Waals surface area contributed by atoms with Gasteiger partial charge in [0, 0.05) is 15.7 Å². The van der Waals surface area contributed by atoms with E-state index in [1.807, 2.05) is 6.92 Å². The molecule has 4 heteroatoms. The monoisotopic (exact) mass is 401 g/mol. The number of carbonyl (C=O) groups excluding carboxylic acids is 1. The summed E-state index contributed by atoms with van der Waals surface area (Å²) in [5, 5.41) is 3.69. The highest BCUT2D eigenvalue weighted by atomic mass is 127. The summed E-state index contributed by atoms with van der Waals surface area (Å²) < 4.78 is 6.38. The van der Waals surface area contributed by atoms with Crippen LogP contribution in [0.3, 0.4) is 0 Å². The van der Waals surface area contributed by atoms with Gasteiger partial charge in [0.25, 0.3) is 0 Å². The Balaban J connectivity index is 1.80. The van der Waals surface area contributed by atoms with E-state index < -0.39 is 0 Å². The fourth-order valence-electron chi connectivity index (χ4n) is 2.96. The Morgan fingerprint density at radius 3 is 2.48 bits per heavy atom. The summed E-state index contributed by atoms with van der Waals surface area (Å²) in [6.07, 6.45) is 3.99. The molecular weight excluding hydrogens is 377 g/mol. The molecule has 116 valence electrons. The highest BCUT2D eigenvalue weighted by molar-refractivity contribution is 14.1. The molecule has 1 unspecified atom stereocenters. The zero-order chi connectivity index (χ0) is 15.2. The van der Waals surface area contributed by atoms with E-state index in [-0.39, 0.29) is 11.9 Å². The Bertz CT molecular complexity index is 452. The standard InChI is InChI=1S/C17H24INO2/c1-3-21-17(20)14-6-10-16(11-7-14)19-12(2)13-4-8-15(18)9-5-13/h4-5,8-9,12,14,16,19H,3,6-7,10-11H2,1-2H3. The zero-order valence-electron chi connectivity index (χ0n) is 12.8. The summed E-state index contributed by atoms with van der Waals surface area (Å²) in [5.74, 6) is 0.0956. The quantitative estimate of drug-likeness (QED) is 0.598. The van der Waals surface area contributed by atoms with Gasteiger partial charge in [-0.05, 0) is 79.8 Å². The fourth-order valence-corrected chi connectivity index (χ4v) is 3.32. The van der Waals surface area contributed by atoms with Gasteiger partial charge in [-0.15, -0.1) is 0 Å². The average Bonchev–Trinajstić information content (AvgIpc) is 2.49. The van der Waals surface area contributed by atoms with Crippen LogP contribution in [0.15, 0.2) is 24.3 Å². The van der Waals surface area contributed by atoms with Crippen molar-refractivity contribution >= 4 is 28.6 Å². The van der Waals surface area contributed by atoms with Crippen molar-refractivity contribution in [1.29, 1.82) is 0 Å². The number of esters is 1. The molecule has 0 aromatic heterocycles. The largest absolute Gasteiger partial charge is 0.466 e. The number of carbonyl (C=O) groups is 1. The first-order chi connectivity index (χ1) is 10.1. The minimum absolute atomic E-state index is 0.0124. The van der Waals surface area contributed by atoms with Crippen molar-refractivity contribution in [2.45, 2.75) is 51.6 Å². The molecule has 0 saturated heterocycles. The minimum atomic E-state index is -0.0124. The molecule has 0 heterocycles. The molecule has 0 bridgehead atoms. The second-order valence-electron chi connectivity index (χ2n) is 5.74. The van der Waals surface area contributed by atoms with E-state index in [9.17, 15) is 4.79 Å². The lowest BCUT2D eigenvalue weighted by atomic mass is 9.85. The predicted molar refractivity (Wildman–Crippen MR) is 93.1 cm³/mol. The fraction of sp³-hybridized carbons (Fsp3) is 0.588. The third-order valence-electron chi connectivity index (χ3n) is 4.20. The maximum absolute atomic E-state index is 11.7. The van der Waals surface area contributed by atoms with E-state index in [2.05, 4.69) is 59.1 Å². The predicted octanol–water partition coefficient (Wildman–Crippen LogP) is 4.06. The number of benzene rings is 1. The van der Waals surface area contributed by atoms with Crippen LogP contribution >= 0.6 is 22.6 Å². The van der Waals surface area contributed by atoms with Gasteiger partial charge in [0.15, 0.2) is 0 Å². The second-order valence-corrected chi connectivity index (χ2v) is 6.99. The number of hydrogen-bond donors (Lipinski definition) is 1. The normalized spacial score (nSPS) is 23.6. The van der Waals surface area contributed by atoms with E-state index in [0.717, 1.165) is 25.7 Å². The molecule has 3 nitrogen and oxygen atoms in total. The molecule has 1 N–H and O–H groups in total. The van der Waals surface area contributed by atoms with Crippen LogP contribution in [0.1, 0.15) is 51.1 Å². The number of ether oxygens (including phenoxy) is 1. The maximum atomic E-state index is 11.7. The van der Waals surface area contributed by atoms with Crippen LogP contribution in [0.5, 0.6) is 0 Å². The van der Waals surface area contributed by atoms with Gasteiger partial charge in [-0.3, -0.25) is 4.79 Å². The van der Waals surface area contributed by atoms with Gasteiger partial charge < -0.3 is 10.1 Å². The third-order valence-corrected chi connectivity index (χ3v) is 4.92. The van der Waals surface area contributed by atoms with Crippen molar-refractivity contribution in [3.05, 3.63) is 33.4 Å². The molecule has 1 fully saturated rings. The second kappa shape index (κ2) is 8.13. The molecule has 1 aliphatic rings. The average molecular weight is 401 g/mol. The van der Waals surface area contributed by atoms with Crippen LogP contribution in [0.2, 0.25) is 0 Å². The molecule has 0 radical (unpaired) electrons. The lowest BCUT2D eigenvalue weighted by molar-refractivity contribution is -0.149. The molecule has 1 saturated carbocycles. The van der Waals surface area contributed by atoms with E-state index in [4.69, 9.17) is 4.74 Å². The molecule has 21 heavy (non-hydrogen) atoms. The maximum Gasteiger partial charge on any atom is 0.308 e. The van der Waals surface area contributed by atoms with Gasteiger partial charge in [-0.2, -0.15) is 0 Å². The first kappa shape index (κ1) is 16.7. The molecule has 1 atom stereocenters. The summed E-state index contributed by atoms with van der Waals surface area (Å²) in [6.45, 7) is 4.56. The van der Waals surface area contributed by atoms with Crippen molar-refractivity contribution < 1.29 is 9.53 Å². The summed E-state index contributed by atoms with van der Waals surface area (Å²) >= 11 is 2.33. The molecule has 1 aromatic rings. The van der Waals surface area contributed by atoms with E-state index in [1.54, 1.807) is 0 Å². The number of halogens is 1. The molecule has 0 amide bonds. The van der Waals surface area contributed by atoms with Crippen LogP contribution in [0, 0.1) is 9.49 Å². The molecular formula is C17H24INO2. The van der Waals surface area contributed by atoms with Crippen molar-refractivity contribution in [2.24, 2.45) is 5.92 Å². The lowest BCUT2D eigenvalue weighted by Gasteiger charge is -2.30. The summed E-state index contributed by atoms with van der Waals surface area (Å²) in [4.78, 5) is 11.7. The molecule has 1 aliphatic carbocycles. The first-order valence-electron chi connectivity index (χ1n) is 7.78. The lowest BCUT2D eigenvalue weighted by Crippen LogP contribution is -2.36. The number of rotatable bonds is 5. The molecule has 1 aromatic carbocycles. The number of hydrogen-bond acceptors (Lipinski definition) is 3. The summed E-state index contributed by atoms with van der Waals surface area (Å²) in [5.41, 5.74) is 1.32. The Morgan fingerprint density at radius 1 is 1.29 bits per heavy atom. The van der Waals surface area contributed by atoms with Gasteiger partial charge in [-0.25, -0.2) is 0 Å². The van der Waals surface area contributed by atoms with Gasteiger partial charge in [-0.1, -0.05) is 12.1 Å². The van der Waals surface area contributed by atoms with Crippen molar-refractivity contribution in [2.75, 3.05) is 6.61 Å². The van der Waals surface area contributed by atoms with Crippen LogP contribution in [-0.4, -0.2) is 18.6 Å². The first-order valence-corrected chi connectivity index (χ1v) is 8.86. The van der Waals surface area contributed by atoms with Gasteiger partial charge in [0.1, 0.15) is 0 Å². The van der Waals surface area contributed by atoms with Crippen molar-refractivity contribution in [1.82, 2.24) is 5.32 Å². The topological polar surface area (TPSA) is 38.3 Å². The molecule has 0 aliphatic heterocycles. The van der Waals surface area contributed by atoms with Crippen molar-refractivity contribution in [3.63, 3.8) is 0 Å². The van der Waals surface area contributed by atoms with Gasteiger partial charge in [0.05, 0.1) is 12.5 Å². The van der Waals surface area contributed by atoms with Gasteiger partial charge >= 0.3 is 5.97 Å². The highest BCUT2D eigenvalue weighted by Gasteiger charge is 2.27. The summed E-state index contributed by atoms with van der Waals surface area (Å²) in [7, 11) is 0. The van der Waals surface area contributed by atoms with Crippen LogP contribution < -0.4 is 5.32 Å².